The Hall–Kier alpha value is -2.23. The average molecular weight is 456 g/mol. The van der Waals surface area contributed by atoms with Crippen LogP contribution >= 0.6 is 12.2 Å². The second-order valence-corrected chi connectivity index (χ2v) is 9.55. The van der Waals surface area contributed by atoms with E-state index in [1.165, 1.54) is 32.1 Å². The number of benzene rings is 1. The summed E-state index contributed by atoms with van der Waals surface area (Å²) in [5.74, 6) is 1.12. The van der Waals surface area contributed by atoms with E-state index in [9.17, 15) is 4.79 Å². The third-order valence-corrected chi connectivity index (χ3v) is 7.03. The van der Waals surface area contributed by atoms with Crippen molar-refractivity contribution in [3.8, 4) is 0 Å². The molecule has 2 aromatic rings. The first-order valence-corrected chi connectivity index (χ1v) is 12.3. The molecule has 9 heteroatoms. The van der Waals surface area contributed by atoms with Gasteiger partial charge in [0.05, 0.1) is 13.2 Å². The second-order valence-electron chi connectivity index (χ2n) is 9.18. The van der Waals surface area contributed by atoms with Gasteiger partial charge in [0, 0.05) is 51.0 Å². The van der Waals surface area contributed by atoms with Crippen LogP contribution < -0.4 is 10.2 Å². The molecule has 0 atom stereocenters. The van der Waals surface area contributed by atoms with Gasteiger partial charge in [-0.15, -0.1) is 5.10 Å². The third-order valence-electron chi connectivity index (χ3n) is 6.63. The molecule has 0 bridgehead atoms. The van der Waals surface area contributed by atoms with E-state index in [0.717, 1.165) is 62.3 Å². The van der Waals surface area contributed by atoms with Crippen molar-refractivity contribution < 1.29 is 4.79 Å². The van der Waals surface area contributed by atoms with Gasteiger partial charge in [-0.25, -0.2) is 4.68 Å². The van der Waals surface area contributed by atoms with E-state index in [-0.39, 0.29) is 5.91 Å². The first kappa shape index (κ1) is 21.6. The fraction of sp³-hybridized carbons (Fsp3) is 0.609. The molecule has 32 heavy (non-hydrogen) atoms. The lowest BCUT2D eigenvalue weighted by atomic mass is 10.1. The number of piperidine rings is 1. The maximum atomic E-state index is 12.4. The van der Waals surface area contributed by atoms with Crippen molar-refractivity contribution in [2.75, 3.05) is 56.0 Å². The number of carbonyl (C=O) groups excluding carboxylic acids is 1. The first-order chi connectivity index (χ1) is 15.7. The highest BCUT2D eigenvalue weighted by Gasteiger charge is 2.31. The van der Waals surface area contributed by atoms with E-state index in [2.05, 4.69) is 24.6 Å². The van der Waals surface area contributed by atoms with Crippen molar-refractivity contribution >= 4 is 29.8 Å². The minimum Gasteiger partial charge on any atom is -0.341 e. The van der Waals surface area contributed by atoms with Gasteiger partial charge in [0.25, 0.3) is 0 Å². The normalized spacial score (nSPS) is 20.4. The standard InChI is InChI=1S/C23H33N7OS/c31-21(24-19-7-3-1-4-8-19)17-26-13-15-27(16-14-26)18-29-23(32)30(20-9-10-20)22(25-29)28-11-5-2-6-12-28/h1,3-4,7-8,20H,2,5-6,9-18H2,(H,24,31). The number of piperazine rings is 1. The summed E-state index contributed by atoms with van der Waals surface area (Å²) in [4.78, 5) is 19.4. The molecule has 2 saturated heterocycles. The van der Waals surface area contributed by atoms with Crippen LogP contribution in [0.15, 0.2) is 30.3 Å². The smallest absolute Gasteiger partial charge is 0.238 e. The van der Waals surface area contributed by atoms with Crippen LogP contribution in [0.2, 0.25) is 0 Å². The van der Waals surface area contributed by atoms with Crippen molar-refractivity contribution in [3.63, 3.8) is 0 Å². The molecule has 1 amide bonds. The Balaban J connectivity index is 1.16. The van der Waals surface area contributed by atoms with Crippen molar-refractivity contribution in [2.45, 2.75) is 44.8 Å². The summed E-state index contributed by atoms with van der Waals surface area (Å²) in [7, 11) is 0. The first-order valence-electron chi connectivity index (χ1n) is 11.9. The van der Waals surface area contributed by atoms with Gasteiger partial charge < -0.3 is 10.2 Å². The lowest BCUT2D eigenvalue weighted by Crippen LogP contribution is -2.49. The average Bonchev–Trinajstić information content (AvgIpc) is 3.60. The summed E-state index contributed by atoms with van der Waals surface area (Å²) in [6.07, 6.45) is 6.22. The molecular formula is C23H33N7OS. The van der Waals surface area contributed by atoms with Gasteiger partial charge in [0.2, 0.25) is 16.6 Å². The van der Waals surface area contributed by atoms with E-state index < -0.39 is 0 Å². The maximum Gasteiger partial charge on any atom is 0.238 e. The molecule has 3 fully saturated rings. The van der Waals surface area contributed by atoms with Gasteiger partial charge in [-0.3, -0.25) is 19.2 Å². The predicted molar refractivity (Wildman–Crippen MR) is 128 cm³/mol. The summed E-state index contributed by atoms with van der Waals surface area (Å²) < 4.78 is 5.19. The van der Waals surface area contributed by atoms with Gasteiger partial charge in [-0.1, -0.05) is 18.2 Å². The Kier molecular flexibility index (Phi) is 6.56. The Morgan fingerprint density at radius 3 is 2.34 bits per heavy atom. The Bertz CT molecular complexity index is 970. The van der Waals surface area contributed by atoms with Crippen LogP contribution in [-0.2, 0) is 11.5 Å². The number of hydrogen-bond donors (Lipinski definition) is 1. The largest absolute Gasteiger partial charge is 0.341 e. The molecule has 3 heterocycles. The Morgan fingerprint density at radius 1 is 0.969 bits per heavy atom. The van der Waals surface area contributed by atoms with Crippen molar-refractivity contribution in [2.24, 2.45) is 0 Å². The lowest BCUT2D eigenvalue weighted by Gasteiger charge is -2.34. The van der Waals surface area contributed by atoms with Crippen LogP contribution in [0.25, 0.3) is 0 Å². The van der Waals surface area contributed by atoms with E-state index >= 15 is 0 Å². The van der Waals surface area contributed by atoms with Gasteiger partial charge in [-0.05, 0) is 56.5 Å². The quantitative estimate of drug-likeness (QED) is 0.648. The minimum atomic E-state index is 0.0428. The number of rotatable bonds is 7. The predicted octanol–water partition coefficient (Wildman–Crippen LogP) is 2.95. The van der Waals surface area contributed by atoms with Gasteiger partial charge >= 0.3 is 0 Å². The number of carbonyl (C=O) groups is 1. The van der Waals surface area contributed by atoms with E-state index in [1.807, 2.05) is 35.0 Å². The van der Waals surface area contributed by atoms with Gasteiger partial charge in [0.15, 0.2) is 0 Å². The molecule has 0 unspecified atom stereocenters. The van der Waals surface area contributed by atoms with Crippen LogP contribution in [0.1, 0.15) is 38.1 Å². The minimum absolute atomic E-state index is 0.0428. The molecule has 1 N–H and O–H groups in total. The highest BCUT2D eigenvalue weighted by Crippen LogP contribution is 2.38. The number of hydrogen-bond acceptors (Lipinski definition) is 6. The highest BCUT2D eigenvalue weighted by molar-refractivity contribution is 7.71. The molecule has 8 nitrogen and oxygen atoms in total. The zero-order valence-corrected chi connectivity index (χ0v) is 19.5. The Labute approximate surface area is 194 Å². The van der Waals surface area contributed by atoms with Gasteiger partial charge in [0.1, 0.15) is 0 Å². The fourth-order valence-corrected chi connectivity index (χ4v) is 5.00. The third kappa shape index (κ3) is 5.05. The second kappa shape index (κ2) is 9.72. The van der Waals surface area contributed by atoms with Gasteiger partial charge in [-0.2, -0.15) is 0 Å². The maximum absolute atomic E-state index is 12.4. The molecule has 0 spiro atoms. The van der Waals surface area contributed by atoms with E-state index in [4.69, 9.17) is 17.3 Å². The monoisotopic (exact) mass is 455 g/mol. The van der Waals surface area contributed by atoms with E-state index in [1.54, 1.807) is 0 Å². The molecule has 0 radical (unpaired) electrons. The molecule has 1 aromatic heterocycles. The van der Waals surface area contributed by atoms with Crippen LogP contribution in [0, 0.1) is 4.77 Å². The molecule has 1 aromatic carbocycles. The summed E-state index contributed by atoms with van der Waals surface area (Å²) in [5.41, 5.74) is 0.848. The van der Waals surface area contributed by atoms with E-state index in [0.29, 0.717) is 12.6 Å². The van der Waals surface area contributed by atoms with Crippen LogP contribution in [0.4, 0.5) is 11.6 Å². The SMILES string of the molecule is O=C(CN1CCN(Cn2nc(N3CCCCC3)n(C3CC3)c2=S)CC1)Nc1ccccc1. The lowest BCUT2D eigenvalue weighted by molar-refractivity contribution is -0.117. The molecule has 1 saturated carbocycles. The summed E-state index contributed by atoms with van der Waals surface area (Å²) >= 11 is 5.86. The number of nitrogens with zero attached hydrogens (tertiary/aromatic N) is 6. The summed E-state index contributed by atoms with van der Waals surface area (Å²) in [5, 5.41) is 7.96. The molecule has 5 rings (SSSR count). The van der Waals surface area contributed by atoms with Crippen LogP contribution in [-0.4, -0.2) is 75.9 Å². The fourth-order valence-electron chi connectivity index (χ4n) is 4.67. The number of amides is 1. The zero-order valence-electron chi connectivity index (χ0n) is 18.7. The van der Waals surface area contributed by atoms with Crippen LogP contribution in [0.3, 0.4) is 0 Å². The summed E-state index contributed by atoms with van der Waals surface area (Å²) in [6.45, 7) is 6.90. The molecule has 3 aliphatic rings. The summed E-state index contributed by atoms with van der Waals surface area (Å²) in [6, 6.07) is 10.2. The topological polar surface area (TPSA) is 61.6 Å². The molecule has 2 aliphatic heterocycles. The van der Waals surface area contributed by atoms with Crippen molar-refractivity contribution in [3.05, 3.63) is 35.1 Å². The number of nitrogens with one attached hydrogen (secondary N) is 1. The number of aromatic nitrogens is 3. The molecular weight excluding hydrogens is 422 g/mol. The highest BCUT2D eigenvalue weighted by atomic mass is 32.1. The zero-order chi connectivity index (χ0) is 21.9. The molecule has 1 aliphatic carbocycles. The number of para-hydroxylation sites is 1. The molecule has 172 valence electrons. The van der Waals surface area contributed by atoms with Crippen LogP contribution in [0.5, 0.6) is 0 Å². The van der Waals surface area contributed by atoms with Crippen molar-refractivity contribution in [1.29, 1.82) is 0 Å². The Morgan fingerprint density at radius 2 is 1.66 bits per heavy atom. The van der Waals surface area contributed by atoms with Crippen molar-refractivity contribution in [1.82, 2.24) is 24.1 Å². The number of anilines is 2.